The lowest BCUT2D eigenvalue weighted by Crippen LogP contribution is -3.13. The summed E-state index contributed by atoms with van der Waals surface area (Å²) in [5.74, 6) is 0.953. The van der Waals surface area contributed by atoms with Crippen LogP contribution in [0.1, 0.15) is 43.7 Å². The van der Waals surface area contributed by atoms with E-state index in [9.17, 15) is 9.59 Å². The van der Waals surface area contributed by atoms with Crippen molar-refractivity contribution < 1.29 is 19.2 Å². The van der Waals surface area contributed by atoms with E-state index >= 15 is 0 Å². The van der Waals surface area contributed by atoms with Crippen molar-refractivity contribution in [2.75, 3.05) is 32.6 Å². The van der Waals surface area contributed by atoms with Crippen molar-refractivity contribution in [3.05, 3.63) is 59.7 Å². The van der Waals surface area contributed by atoms with Gasteiger partial charge in [0.15, 0.2) is 6.54 Å². The first-order valence-electron chi connectivity index (χ1n) is 11.0. The van der Waals surface area contributed by atoms with Gasteiger partial charge in [0, 0.05) is 37.2 Å². The topological polar surface area (TPSA) is 63.1 Å². The number of likely N-dealkylation sites (N-methyl/N-ethyl adjacent to an activating group) is 1. The highest BCUT2D eigenvalue weighted by atomic mass is 16.5. The smallest absolute Gasteiger partial charge is 0.277 e. The molecule has 2 aromatic carbocycles. The number of quaternary nitrogens is 1. The van der Waals surface area contributed by atoms with Crippen molar-refractivity contribution in [3.8, 4) is 5.75 Å². The van der Waals surface area contributed by atoms with Crippen molar-refractivity contribution >= 4 is 17.5 Å². The summed E-state index contributed by atoms with van der Waals surface area (Å²) in [4.78, 5) is 28.0. The number of carbonyl (C=O) groups excluding carboxylic acids is 2. The lowest BCUT2D eigenvalue weighted by molar-refractivity contribution is -0.917. The van der Waals surface area contributed by atoms with Crippen LogP contribution < -0.4 is 15.0 Å². The lowest BCUT2D eigenvalue weighted by atomic mass is 10.0. The second kappa shape index (κ2) is 10.4. The quantitative estimate of drug-likeness (QED) is 0.616. The van der Waals surface area contributed by atoms with E-state index < -0.39 is 0 Å². The Morgan fingerprint density at radius 2 is 1.87 bits per heavy atom. The van der Waals surface area contributed by atoms with Gasteiger partial charge in [0.1, 0.15) is 12.3 Å². The Morgan fingerprint density at radius 1 is 1.16 bits per heavy atom. The molecule has 2 amide bonds. The largest absolute Gasteiger partial charge is 0.497 e. The fourth-order valence-electron chi connectivity index (χ4n) is 3.66. The zero-order chi connectivity index (χ0) is 22.4. The molecular formula is C25H34N3O3+. The Bertz CT molecular complexity index is 891. The minimum Gasteiger partial charge on any atom is -0.497 e. The molecule has 0 heterocycles. The highest BCUT2D eigenvalue weighted by molar-refractivity contribution is 5.94. The molecule has 1 aliphatic rings. The van der Waals surface area contributed by atoms with Gasteiger partial charge in [-0.2, -0.15) is 0 Å². The maximum atomic E-state index is 12.8. The summed E-state index contributed by atoms with van der Waals surface area (Å²) in [6.45, 7) is 5.64. The Labute approximate surface area is 185 Å². The number of anilines is 1. The number of rotatable bonds is 10. The molecule has 3 rings (SSSR count). The van der Waals surface area contributed by atoms with E-state index in [0.29, 0.717) is 29.9 Å². The van der Waals surface area contributed by atoms with E-state index in [1.807, 2.05) is 12.1 Å². The normalized spacial score (nSPS) is 14.2. The maximum absolute atomic E-state index is 12.8. The fraction of sp³-hybridized carbons (Fsp3) is 0.440. The van der Waals surface area contributed by atoms with E-state index in [2.05, 4.69) is 43.4 Å². The van der Waals surface area contributed by atoms with Crippen molar-refractivity contribution in [2.45, 2.75) is 45.2 Å². The molecule has 1 unspecified atom stereocenters. The standard InChI is InChI=1S/C25H33N3O3/c1-18(2)20-10-8-19(9-11-20)15-28(22-12-13-22)17-25(30)27(3)16-24(29)26-21-6-5-7-23(14-21)31-4/h5-11,14,18,22H,12-13,15-17H2,1-4H3,(H,26,29)/p+1. The minimum absolute atomic E-state index is 0.0125. The van der Waals surface area contributed by atoms with Gasteiger partial charge in [0.05, 0.1) is 19.7 Å². The van der Waals surface area contributed by atoms with Crippen LogP contribution in [0.2, 0.25) is 0 Å². The van der Waals surface area contributed by atoms with Gasteiger partial charge in [-0.05, 0) is 23.6 Å². The van der Waals surface area contributed by atoms with Crippen LogP contribution in [0.5, 0.6) is 5.75 Å². The summed E-state index contributed by atoms with van der Waals surface area (Å²) in [5.41, 5.74) is 3.23. The van der Waals surface area contributed by atoms with Crippen LogP contribution in [0.3, 0.4) is 0 Å². The SMILES string of the molecule is COc1cccc(NC(=O)CN(C)C(=O)C[NH+](Cc2ccc(C(C)C)cc2)C2CC2)c1. The summed E-state index contributed by atoms with van der Waals surface area (Å²) in [6.07, 6.45) is 2.32. The molecule has 166 valence electrons. The van der Waals surface area contributed by atoms with Crippen LogP contribution in [0, 0.1) is 0 Å². The van der Waals surface area contributed by atoms with E-state index in [0.717, 1.165) is 19.4 Å². The molecule has 0 spiro atoms. The van der Waals surface area contributed by atoms with Crippen LogP contribution in [-0.2, 0) is 16.1 Å². The van der Waals surface area contributed by atoms with Gasteiger partial charge in [0.2, 0.25) is 5.91 Å². The van der Waals surface area contributed by atoms with E-state index in [1.54, 1.807) is 26.3 Å². The molecule has 1 atom stereocenters. The molecule has 0 saturated heterocycles. The molecule has 0 aliphatic heterocycles. The molecule has 6 heteroatoms. The maximum Gasteiger partial charge on any atom is 0.277 e. The highest BCUT2D eigenvalue weighted by Gasteiger charge is 2.35. The molecule has 31 heavy (non-hydrogen) atoms. The number of nitrogens with zero attached hydrogens (tertiary/aromatic N) is 1. The molecule has 1 saturated carbocycles. The second-order valence-electron chi connectivity index (χ2n) is 8.71. The lowest BCUT2D eigenvalue weighted by Gasteiger charge is -2.23. The molecule has 0 radical (unpaired) electrons. The van der Waals surface area contributed by atoms with Crippen LogP contribution in [0.25, 0.3) is 0 Å². The minimum atomic E-state index is -0.221. The van der Waals surface area contributed by atoms with Crippen molar-refractivity contribution in [3.63, 3.8) is 0 Å². The summed E-state index contributed by atoms with van der Waals surface area (Å²) in [6, 6.07) is 16.4. The predicted octanol–water partition coefficient (Wildman–Crippen LogP) is 2.46. The first-order valence-corrected chi connectivity index (χ1v) is 11.0. The molecule has 2 N–H and O–H groups in total. The van der Waals surface area contributed by atoms with Crippen LogP contribution >= 0.6 is 0 Å². The number of carbonyl (C=O) groups is 2. The summed E-state index contributed by atoms with van der Waals surface area (Å²) < 4.78 is 5.18. The zero-order valence-corrected chi connectivity index (χ0v) is 19.0. The van der Waals surface area contributed by atoms with Gasteiger partial charge in [0.25, 0.3) is 5.91 Å². The van der Waals surface area contributed by atoms with E-state index in [-0.39, 0.29) is 18.4 Å². The third-order valence-electron chi connectivity index (χ3n) is 5.77. The fourth-order valence-corrected chi connectivity index (χ4v) is 3.66. The Hall–Kier alpha value is -2.86. The Balaban J connectivity index is 1.53. The van der Waals surface area contributed by atoms with Crippen molar-refractivity contribution in [1.82, 2.24) is 4.90 Å². The number of ether oxygens (including phenoxy) is 1. The first kappa shape index (κ1) is 22.8. The second-order valence-corrected chi connectivity index (χ2v) is 8.71. The van der Waals surface area contributed by atoms with Gasteiger partial charge in [-0.25, -0.2) is 0 Å². The average molecular weight is 425 g/mol. The van der Waals surface area contributed by atoms with Crippen LogP contribution in [0.15, 0.2) is 48.5 Å². The predicted molar refractivity (Wildman–Crippen MR) is 122 cm³/mol. The average Bonchev–Trinajstić information content (AvgIpc) is 3.59. The van der Waals surface area contributed by atoms with E-state index in [1.165, 1.54) is 20.9 Å². The zero-order valence-electron chi connectivity index (χ0n) is 19.0. The summed E-state index contributed by atoms with van der Waals surface area (Å²) in [5, 5.41) is 2.83. The van der Waals surface area contributed by atoms with Gasteiger partial charge >= 0.3 is 0 Å². The molecule has 1 fully saturated rings. The van der Waals surface area contributed by atoms with Gasteiger partial charge in [-0.15, -0.1) is 0 Å². The highest BCUT2D eigenvalue weighted by Crippen LogP contribution is 2.18. The van der Waals surface area contributed by atoms with Crippen LogP contribution in [-0.4, -0.2) is 50.0 Å². The van der Waals surface area contributed by atoms with Gasteiger partial charge in [-0.3, -0.25) is 9.59 Å². The molecule has 6 nitrogen and oxygen atoms in total. The van der Waals surface area contributed by atoms with E-state index in [4.69, 9.17) is 4.74 Å². The number of hydrogen-bond donors (Lipinski definition) is 2. The number of amides is 2. The number of benzene rings is 2. The van der Waals surface area contributed by atoms with Gasteiger partial charge < -0.3 is 19.9 Å². The molecule has 2 aromatic rings. The molecule has 1 aliphatic carbocycles. The molecule has 0 aromatic heterocycles. The third kappa shape index (κ3) is 6.82. The number of nitrogens with one attached hydrogen (secondary N) is 2. The van der Waals surface area contributed by atoms with Crippen molar-refractivity contribution in [1.29, 1.82) is 0 Å². The van der Waals surface area contributed by atoms with Gasteiger partial charge in [-0.1, -0.05) is 44.2 Å². The number of hydrogen-bond acceptors (Lipinski definition) is 3. The summed E-state index contributed by atoms with van der Waals surface area (Å²) >= 11 is 0. The Kier molecular flexibility index (Phi) is 7.69. The van der Waals surface area contributed by atoms with Crippen molar-refractivity contribution in [2.24, 2.45) is 0 Å². The number of methoxy groups -OCH3 is 1. The van der Waals surface area contributed by atoms with Crippen LogP contribution in [0.4, 0.5) is 5.69 Å². The Morgan fingerprint density at radius 3 is 2.48 bits per heavy atom. The summed E-state index contributed by atoms with van der Waals surface area (Å²) in [7, 11) is 3.27. The molecular weight excluding hydrogens is 390 g/mol. The monoisotopic (exact) mass is 424 g/mol. The third-order valence-corrected chi connectivity index (χ3v) is 5.77. The molecule has 0 bridgehead atoms. The first-order chi connectivity index (χ1) is 14.9.